The highest BCUT2D eigenvalue weighted by molar-refractivity contribution is 6.31. The number of aromatic nitrogens is 4. The van der Waals surface area contributed by atoms with Crippen molar-refractivity contribution in [1.82, 2.24) is 19.9 Å². The normalized spacial score (nSPS) is 12.6. The minimum absolute atomic E-state index is 0.00425. The number of aryl methyl sites for hydroxylation is 1. The van der Waals surface area contributed by atoms with Gasteiger partial charge in [0, 0.05) is 24.4 Å². The summed E-state index contributed by atoms with van der Waals surface area (Å²) in [5.74, 6) is 0.0425. The molecule has 0 amide bonds. The number of hydrogen-bond acceptors (Lipinski definition) is 5. The molecule has 1 atom stereocenters. The predicted octanol–water partition coefficient (Wildman–Crippen LogP) is 2.31. The van der Waals surface area contributed by atoms with Gasteiger partial charge in [-0.25, -0.2) is 4.39 Å². The van der Waals surface area contributed by atoms with Crippen molar-refractivity contribution in [2.75, 3.05) is 0 Å². The first-order valence-electron chi connectivity index (χ1n) is 6.08. The van der Waals surface area contributed by atoms with E-state index in [4.69, 9.17) is 21.9 Å². The molecule has 0 radical (unpaired) electrons. The average Bonchev–Trinajstić information content (AvgIpc) is 3.10. The van der Waals surface area contributed by atoms with Gasteiger partial charge in [-0.1, -0.05) is 16.8 Å². The summed E-state index contributed by atoms with van der Waals surface area (Å²) in [5, 5.41) is 7.87. The highest BCUT2D eigenvalue weighted by Crippen LogP contribution is 2.25. The Hall–Kier alpha value is -2.25. The molecule has 1 aromatic carbocycles. The van der Waals surface area contributed by atoms with Crippen molar-refractivity contribution >= 4 is 11.6 Å². The van der Waals surface area contributed by atoms with Crippen LogP contribution < -0.4 is 5.73 Å². The van der Waals surface area contributed by atoms with Gasteiger partial charge in [0.15, 0.2) is 0 Å². The van der Waals surface area contributed by atoms with Crippen molar-refractivity contribution in [2.24, 2.45) is 12.8 Å². The van der Waals surface area contributed by atoms with E-state index in [0.717, 1.165) is 5.56 Å². The van der Waals surface area contributed by atoms with Gasteiger partial charge in [-0.15, -0.1) is 0 Å². The Balaban J connectivity index is 1.90. The molecule has 1 unspecified atom stereocenters. The van der Waals surface area contributed by atoms with Gasteiger partial charge in [-0.2, -0.15) is 10.1 Å². The predicted molar refractivity (Wildman–Crippen MR) is 73.9 cm³/mol. The summed E-state index contributed by atoms with van der Waals surface area (Å²) in [5.41, 5.74) is 7.34. The fourth-order valence-electron chi connectivity index (χ4n) is 1.86. The van der Waals surface area contributed by atoms with Crippen LogP contribution in [0.15, 0.2) is 35.1 Å². The van der Waals surface area contributed by atoms with Crippen LogP contribution in [0.2, 0.25) is 5.02 Å². The highest BCUT2D eigenvalue weighted by Gasteiger charge is 2.19. The van der Waals surface area contributed by atoms with Gasteiger partial charge in [0.05, 0.1) is 11.2 Å². The van der Waals surface area contributed by atoms with Crippen molar-refractivity contribution in [3.8, 4) is 11.4 Å². The fraction of sp³-hybridized carbons (Fsp3) is 0.154. The largest absolute Gasteiger partial charge is 0.337 e. The summed E-state index contributed by atoms with van der Waals surface area (Å²) in [4.78, 5) is 4.22. The molecule has 21 heavy (non-hydrogen) atoms. The Bertz CT molecular complexity index is 784. The van der Waals surface area contributed by atoms with Crippen molar-refractivity contribution in [1.29, 1.82) is 0 Å². The second kappa shape index (κ2) is 5.27. The van der Waals surface area contributed by atoms with Crippen LogP contribution in [0.3, 0.4) is 0 Å². The van der Waals surface area contributed by atoms with E-state index >= 15 is 0 Å². The molecule has 3 rings (SSSR count). The molecule has 0 bridgehead atoms. The number of hydrogen-bond donors (Lipinski definition) is 1. The van der Waals surface area contributed by atoms with Gasteiger partial charge >= 0.3 is 0 Å². The van der Waals surface area contributed by atoms with Crippen LogP contribution >= 0.6 is 11.6 Å². The Labute approximate surface area is 124 Å². The molecule has 108 valence electrons. The van der Waals surface area contributed by atoms with Gasteiger partial charge in [0.2, 0.25) is 11.7 Å². The molecule has 8 heteroatoms. The van der Waals surface area contributed by atoms with Crippen LogP contribution in [0.25, 0.3) is 11.4 Å². The molecule has 2 aromatic heterocycles. The van der Waals surface area contributed by atoms with Crippen molar-refractivity contribution in [3.63, 3.8) is 0 Å². The van der Waals surface area contributed by atoms with Crippen LogP contribution in [0.4, 0.5) is 4.39 Å². The van der Waals surface area contributed by atoms with E-state index in [-0.39, 0.29) is 10.9 Å². The summed E-state index contributed by atoms with van der Waals surface area (Å²) in [6.45, 7) is 0. The quantitative estimate of drug-likeness (QED) is 0.803. The second-order valence-corrected chi connectivity index (χ2v) is 4.92. The molecule has 0 aliphatic heterocycles. The highest BCUT2D eigenvalue weighted by atomic mass is 35.5. The topological polar surface area (TPSA) is 82.8 Å². The second-order valence-electron chi connectivity index (χ2n) is 4.51. The SMILES string of the molecule is Cn1cc(C(N)c2nc(-c3ccc(F)c(Cl)c3)no2)cn1. The summed E-state index contributed by atoms with van der Waals surface area (Å²) in [6.07, 6.45) is 3.40. The number of halogens is 2. The zero-order valence-corrected chi connectivity index (χ0v) is 11.8. The minimum Gasteiger partial charge on any atom is -0.337 e. The standard InChI is InChI=1S/C13H11ClFN5O/c1-20-6-8(5-17-20)11(16)13-18-12(19-21-13)7-2-3-10(15)9(14)4-7/h2-6,11H,16H2,1H3. The monoisotopic (exact) mass is 307 g/mol. The molecular formula is C13H11ClFN5O. The summed E-state index contributed by atoms with van der Waals surface area (Å²) < 4.78 is 19.9. The smallest absolute Gasteiger partial charge is 0.248 e. The molecule has 0 saturated carbocycles. The molecule has 2 heterocycles. The Morgan fingerprint density at radius 3 is 2.90 bits per heavy atom. The van der Waals surface area contributed by atoms with E-state index in [1.54, 1.807) is 24.1 Å². The summed E-state index contributed by atoms with van der Waals surface area (Å²) in [6, 6.07) is 3.62. The Morgan fingerprint density at radius 1 is 1.43 bits per heavy atom. The van der Waals surface area contributed by atoms with Gasteiger partial charge in [0.1, 0.15) is 11.9 Å². The third-order valence-electron chi connectivity index (χ3n) is 2.97. The third kappa shape index (κ3) is 2.65. The molecule has 3 aromatic rings. The van der Waals surface area contributed by atoms with Crippen LogP contribution in [0, 0.1) is 5.82 Å². The summed E-state index contributed by atoms with van der Waals surface area (Å²) in [7, 11) is 1.79. The van der Waals surface area contributed by atoms with E-state index < -0.39 is 11.9 Å². The lowest BCUT2D eigenvalue weighted by Gasteiger charge is -2.01. The lowest BCUT2D eigenvalue weighted by atomic mass is 10.2. The van der Waals surface area contributed by atoms with Crippen molar-refractivity contribution < 1.29 is 8.91 Å². The lowest BCUT2D eigenvalue weighted by Crippen LogP contribution is -2.11. The van der Waals surface area contributed by atoms with Crippen molar-refractivity contribution in [3.05, 3.63) is 52.9 Å². The number of benzene rings is 1. The van der Waals surface area contributed by atoms with Crippen LogP contribution in [0.1, 0.15) is 17.5 Å². The maximum atomic E-state index is 13.1. The molecule has 6 nitrogen and oxygen atoms in total. The molecule has 0 spiro atoms. The van der Waals surface area contributed by atoms with E-state index in [1.807, 2.05) is 0 Å². The van der Waals surface area contributed by atoms with Crippen LogP contribution in [-0.4, -0.2) is 19.9 Å². The first-order chi connectivity index (χ1) is 10.0. The van der Waals surface area contributed by atoms with E-state index in [0.29, 0.717) is 11.4 Å². The van der Waals surface area contributed by atoms with Gasteiger partial charge in [0.25, 0.3) is 0 Å². The zero-order valence-electron chi connectivity index (χ0n) is 11.0. The molecule has 0 saturated heterocycles. The average molecular weight is 308 g/mol. The Kier molecular flexibility index (Phi) is 3.44. The van der Waals surface area contributed by atoms with Gasteiger partial charge in [-0.05, 0) is 18.2 Å². The van der Waals surface area contributed by atoms with E-state index in [2.05, 4.69) is 15.2 Å². The van der Waals surface area contributed by atoms with Crippen LogP contribution in [-0.2, 0) is 7.05 Å². The zero-order chi connectivity index (χ0) is 15.0. The molecule has 2 N–H and O–H groups in total. The maximum absolute atomic E-state index is 13.1. The molecular weight excluding hydrogens is 297 g/mol. The number of nitrogens with zero attached hydrogens (tertiary/aromatic N) is 4. The lowest BCUT2D eigenvalue weighted by molar-refractivity contribution is 0.367. The van der Waals surface area contributed by atoms with E-state index in [1.165, 1.54) is 18.2 Å². The number of rotatable bonds is 3. The first-order valence-corrected chi connectivity index (χ1v) is 6.45. The molecule has 0 aliphatic rings. The molecule has 0 fully saturated rings. The first kappa shape index (κ1) is 13.7. The third-order valence-corrected chi connectivity index (χ3v) is 3.26. The van der Waals surface area contributed by atoms with E-state index in [9.17, 15) is 4.39 Å². The fourth-order valence-corrected chi connectivity index (χ4v) is 2.04. The maximum Gasteiger partial charge on any atom is 0.248 e. The number of nitrogens with two attached hydrogens (primary N) is 1. The minimum atomic E-state index is -0.573. The van der Waals surface area contributed by atoms with Crippen LogP contribution in [0.5, 0.6) is 0 Å². The van der Waals surface area contributed by atoms with Crippen molar-refractivity contribution in [2.45, 2.75) is 6.04 Å². The van der Waals surface area contributed by atoms with Gasteiger partial charge < -0.3 is 10.3 Å². The Morgan fingerprint density at radius 2 is 2.24 bits per heavy atom. The van der Waals surface area contributed by atoms with Gasteiger partial charge in [-0.3, -0.25) is 4.68 Å². The molecule has 0 aliphatic carbocycles. The summed E-state index contributed by atoms with van der Waals surface area (Å²) >= 11 is 5.73.